The Morgan fingerprint density at radius 2 is 2.07 bits per heavy atom. The first-order chi connectivity index (χ1) is 6.83. The molecule has 0 aliphatic heterocycles. The largest absolute Gasteiger partial charge is 0.392 e. The third-order valence-corrected chi connectivity index (χ3v) is 5.35. The van der Waals surface area contributed by atoms with E-state index < -0.39 is 0 Å². The van der Waals surface area contributed by atoms with E-state index in [4.69, 9.17) is 0 Å². The third-order valence-electron chi connectivity index (χ3n) is 3.39. The molecule has 0 saturated heterocycles. The lowest BCUT2D eigenvalue weighted by molar-refractivity contribution is -0.121. The van der Waals surface area contributed by atoms with Gasteiger partial charge in [-0.05, 0) is 18.8 Å². The van der Waals surface area contributed by atoms with Crippen molar-refractivity contribution in [3.8, 4) is 0 Å². The molecule has 88 valence electrons. The Bertz CT molecular complexity index is 236. The standard InChI is InChI=1S/C12H22O2S/c1-8(13)9(2)15-11-7-10(14)5-6-12(11,3)4/h8-9,11,13H,5-7H2,1-4H3. The second-order valence-corrected chi connectivity index (χ2v) is 6.89. The smallest absolute Gasteiger partial charge is 0.134 e. The average molecular weight is 230 g/mol. The van der Waals surface area contributed by atoms with Gasteiger partial charge in [0.15, 0.2) is 0 Å². The fourth-order valence-electron chi connectivity index (χ4n) is 1.81. The maximum absolute atomic E-state index is 11.4. The zero-order valence-electron chi connectivity index (χ0n) is 10.1. The number of hydrogen-bond acceptors (Lipinski definition) is 3. The number of carbonyl (C=O) groups excluding carboxylic acids is 1. The van der Waals surface area contributed by atoms with Gasteiger partial charge in [-0.2, -0.15) is 11.8 Å². The number of carbonyl (C=O) groups is 1. The van der Waals surface area contributed by atoms with Crippen LogP contribution in [-0.4, -0.2) is 27.5 Å². The Balaban J connectivity index is 2.61. The van der Waals surface area contributed by atoms with Gasteiger partial charge >= 0.3 is 0 Å². The molecule has 1 rings (SSSR count). The molecule has 0 aromatic heterocycles. The molecule has 3 atom stereocenters. The zero-order chi connectivity index (χ0) is 11.6. The van der Waals surface area contributed by atoms with Gasteiger partial charge < -0.3 is 5.11 Å². The number of hydrogen-bond donors (Lipinski definition) is 1. The lowest BCUT2D eigenvalue weighted by Crippen LogP contribution is -2.36. The topological polar surface area (TPSA) is 37.3 Å². The van der Waals surface area contributed by atoms with Gasteiger partial charge in [0.25, 0.3) is 0 Å². The van der Waals surface area contributed by atoms with E-state index >= 15 is 0 Å². The summed E-state index contributed by atoms with van der Waals surface area (Å²) in [5.74, 6) is 0.379. The summed E-state index contributed by atoms with van der Waals surface area (Å²) >= 11 is 1.77. The summed E-state index contributed by atoms with van der Waals surface area (Å²) < 4.78 is 0. The Kier molecular flexibility index (Phi) is 4.24. The van der Waals surface area contributed by atoms with Crippen LogP contribution in [0.15, 0.2) is 0 Å². The van der Waals surface area contributed by atoms with E-state index in [1.54, 1.807) is 11.8 Å². The van der Waals surface area contributed by atoms with Crippen LogP contribution in [0.5, 0.6) is 0 Å². The Morgan fingerprint density at radius 1 is 1.47 bits per heavy atom. The van der Waals surface area contributed by atoms with Crippen LogP contribution in [0.1, 0.15) is 47.0 Å². The molecule has 1 fully saturated rings. The second kappa shape index (κ2) is 4.88. The third kappa shape index (κ3) is 3.49. The van der Waals surface area contributed by atoms with Crippen LogP contribution >= 0.6 is 11.8 Å². The second-order valence-electron chi connectivity index (χ2n) is 5.30. The van der Waals surface area contributed by atoms with E-state index in [2.05, 4.69) is 13.8 Å². The van der Waals surface area contributed by atoms with E-state index in [9.17, 15) is 9.90 Å². The minimum absolute atomic E-state index is 0.208. The molecule has 1 aliphatic carbocycles. The predicted molar refractivity (Wildman–Crippen MR) is 65.2 cm³/mol. The van der Waals surface area contributed by atoms with Gasteiger partial charge in [0, 0.05) is 23.3 Å². The van der Waals surface area contributed by atoms with Gasteiger partial charge in [0.2, 0.25) is 0 Å². The summed E-state index contributed by atoms with van der Waals surface area (Å²) in [5.41, 5.74) is 0.224. The molecule has 0 aromatic rings. The minimum atomic E-state index is -0.303. The van der Waals surface area contributed by atoms with Crippen molar-refractivity contribution in [1.82, 2.24) is 0 Å². The van der Waals surface area contributed by atoms with Crippen LogP contribution in [0.4, 0.5) is 0 Å². The summed E-state index contributed by atoms with van der Waals surface area (Å²) in [4.78, 5) is 11.4. The van der Waals surface area contributed by atoms with Crippen molar-refractivity contribution in [3.63, 3.8) is 0 Å². The van der Waals surface area contributed by atoms with Crippen molar-refractivity contribution in [2.24, 2.45) is 5.41 Å². The van der Waals surface area contributed by atoms with Crippen LogP contribution in [0.3, 0.4) is 0 Å². The van der Waals surface area contributed by atoms with E-state index in [0.29, 0.717) is 17.5 Å². The molecule has 1 saturated carbocycles. The number of aliphatic hydroxyl groups is 1. The zero-order valence-corrected chi connectivity index (χ0v) is 10.9. The molecule has 15 heavy (non-hydrogen) atoms. The van der Waals surface area contributed by atoms with Crippen molar-refractivity contribution < 1.29 is 9.90 Å². The summed E-state index contributed by atoms with van der Waals surface area (Å²) in [6.07, 6.45) is 2.08. The molecule has 1 N–H and O–H groups in total. The lowest BCUT2D eigenvalue weighted by Gasteiger charge is -2.39. The lowest BCUT2D eigenvalue weighted by atomic mass is 9.76. The summed E-state index contributed by atoms with van der Waals surface area (Å²) in [7, 11) is 0. The summed E-state index contributed by atoms with van der Waals surface area (Å²) in [6, 6.07) is 0. The van der Waals surface area contributed by atoms with Crippen LogP contribution in [0, 0.1) is 5.41 Å². The van der Waals surface area contributed by atoms with E-state index in [1.807, 2.05) is 13.8 Å². The van der Waals surface area contributed by atoms with Crippen molar-refractivity contribution in [2.45, 2.75) is 63.6 Å². The number of aliphatic hydroxyl groups excluding tert-OH is 1. The summed E-state index contributed by atoms with van der Waals surface area (Å²) in [6.45, 7) is 8.30. The number of Topliss-reactive ketones (excluding diaryl/α,β-unsaturated/α-hetero) is 1. The quantitative estimate of drug-likeness (QED) is 0.810. The molecule has 0 aromatic carbocycles. The van der Waals surface area contributed by atoms with Gasteiger partial charge in [0.1, 0.15) is 5.78 Å². The SMILES string of the molecule is CC(O)C(C)SC1CC(=O)CCC1(C)C. The Morgan fingerprint density at radius 3 is 2.60 bits per heavy atom. The maximum atomic E-state index is 11.4. The van der Waals surface area contributed by atoms with E-state index in [1.165, 1.54) is 0 Å². The molecule has 0 heterocycles. The minimum Gasteiger partial charge on any atom is -0.392 e. The first kappa shape index (κ1) is 13.0. The van der Waals surface area contributed by atoms with Crippen molar-refractivity contribution in [1.29, 1.82) is 0 Å². The van der Waals surface area contributed by atoms with Crippen LogP contribution in [-0.2, 0) is 4.79 Å². The van der Waals surface area contributed by atoms with Gasteiger partial charge in [0.05, 0.1) is 6.10 Å². The normalized spacial score (nSPS) is 29.9. The van der Waals surface area contributed by atoms with Crippen LogP contribution in [0.25, 0.3) is 0 Å². The Hall–Kier alpha value is -0.0200. The van der Waals surface area contributed by atoms with Crippen molar-refractivity contribution in [2.75, 3.05) is 0 Å². The highest BCUT2D eigenvalue weighted by Gasteiger charge is 2.37. The first-order valence-electron chi connectivity index (χ1n) is 5.68. The molecule has 3 unspecified atom stereocenters. The molecule has 0 spiro atoms. The van der Waals surface area contributed by atoms with Crippen LogP contribution < -0.4 is 0 Å². The highest BCUT2D eigenvalue weighted by molar-refractivity contribution is 8.00. The number of ketones is 1. The monoisotopic (exact) mass is 230 g/mol. The molecular weight excluding hydrogens is 208 g/mol. The van der Waals surface area contributed by atoms with Gasteiger partial charge in [-0.15, -0.1) is 0 Å². The van der Waals surface area contributed by atoms with Gasteiger partial charge in [-0.3, -0.25) is 4.79 Å². The maximum Gasteiger partial charge on any atom is 0.134 e. The predicted octanol–water partition coefficient (Wildman–Crippen LogP) is 2.64. The molecule has 0 amide bonds. The van der Waals surface area contributed by atoms with Crippen molar-refractivity contribution >= 4 is 17.5 Å². The highest BCUT2D eigenvalue weighted by atomic mass is 32.2. The van der Waals surface area contributed by atoms with E-state index in [-0.39, 0.29) is 16.8 Å². The van der Waals surface area contributed by atoms with Gasteiger partial charge in [-0.25, -0.2) is 0 Å². The molecule has 2 nitrogen and oxygen atoms in total. The van der Waals surface area contributed by atoms with Crippen LogP contribution in [0.2, 0.25) is 0 Å². The summed E-state index contributed by atoms with van der Waals surface area (Å²) in [5, 5.41) is 10.1. The highest BCUT2D eigenvalue weighted by Crippen LogP contribution is 2.43. The Labute approximate surface area is 96.8 Å². The molecule has 1 aliphatic rings. The molecule has 0 bridgehead atoms. The fraction of sp³-hybridized carbons (Fsp3) is 0.917. The van der Waals surface area contributed by atoms with E-state index in [0.717, 1.165) is 12.8 Å². The molecule has 3 heteroatoms. The average Bonchev–Trinajstić information content (AvgIpc) is 2.11. The number of thioether (sulfide) groups is 1. The number of rotatable bonds is 3. The first-order valence-corrected chi connectivity index (χ1v) is 6.62. The van der Waals surface area contributed by atoms with Crippen molar-refractivity contribution in [3.05, 3.63) is 0 Å². The molecular formula is C12H22O2S. The van der Waals surface area contributed by atoms with Gasteiger partial charge in [-0.1, -0.05) is 20.8 Å². The molecule has 0 radical (unpaired) electrons. The fourth-order valence-corrected chi connectivity index (χ4v) is 3.33.